The molecule has 2 aliphatic rings. The predicted molar refractivity (Wildman–Crippen MR) is 83.4 cm³/mol. The van der Waals surface area contributed by atoms with Gasteiger partial charge in [-0.05, 0) is 60.4 Å². The van der Waals surface area contributed by atoms with E-state index >= 15 is 0 Å². The Balaban J connectivity index is 1.89. The molecule has 0 amide bonds. The van der Waals surface area contributed by atoms with Gasteiger partial charge in [-0.3, -0.25) is 0 Å². The SMILES string of the molecule is Brc1ccc(C2CNCCC23CCCSC3)cc1. The van der Waals surface area contributed by atoms with E-state index in [0.29, 0.717) is 11.3 Å². The monoisotopic (exact) mass is 325 g/mol. The number of hydrogen-bond acceptors (Lipinski definition) is 2. The van der Waals surface area contributed by atoms with Crippen LogP contribution in [0.1, 0.15) is 30.7 Å². The Morgan fingerprint density at radius 2 is 2.06 bits per heavy atom. The van der Waals surface area contributed by atoms with E-state index in [0.717, 1.165) is 6.54 Å². The summed E-state index contributed by atoms with van der Waals surface area (Å²) in [6.07, 6.45) is 4.17. The fourth-order valence-electron chi connectivity index (χ4n) is 3.49. The molecule has 0 aromatic heterocycles. The van der Waals surface area contributed by atoms with Gasteiger partial charge in [0, 0.05) is 16.9 Å². The first-order valence-electron chi connectivity index (χ1n) is 6.84. The summed E-state index contributed by atoms with van der Waals surface area (Å²) in [6.45, 7) is 2.36. The van der Waals surface area contributed by atoms with E-state index in [4.69, 9.17) is 0 Å². The van der Waals surface area contributed by atoms with E-state index < -0.39 is 0 Å². The second-order valence-corrected chi connectivity index (χ2v) is 7.60. The smallest absolute Gasteiger partial charge is 0.0175 e. The molecular weight excluding hydrogens is 306 g/mol. The first-order chi connectivity index (χ1) is 8.80. The highest BCUT2D eigenvalue weighted by molar-refractivity contribution is 9.10. The average Bonchev–Trinajstić information content (AvgIpc) is 2.42. The summed E-state index contributed by atoms with van der Waals surface area (Å²) in [6, 6.07) is 8.99. The van der Waals surface area contributed by atoms with Crippen LogP contribution in [0, 0.1) is 5.41 Å². The van der Waals surface area contributed by atoms with E-state index in [1.54, 1.807) is 0 Å². The van der Waals surface area contributed by atoms with Gasteiger partial charge in [0.2, 0.25) is 0 Å². The van der Waals surface area contributed by atoms with E-state index in [1.165, 1.54) is 47.3 Å². The third-order valence-electron chi connectivity index (χ3n) is 4.51. The molecule has 2 aliphatic heterocycles. The lowest BCUT2D eigenvalue weighted by Crippen LogP contribution is -2.46. The van der Waals surface area contributed by atoms with Gasteiger partial charge in [0.1, 0.15) is 0 Å². The van der Waals surface area contributed by atoms with Crippen molar-refractivity contribution in [3.63, 3.8) is 0 Å². The van der Waals surface area contributed by atoms with Crippen molar-refractivity contribution in [1.29, 1.82) is 0 Å². The van der Waals surface area contributed by atoms with Gasteiger partial charge < -0.3 is 5.32 Å². The zero-order valence-electron chi connectivity index (χ0n) is 10.6. The van der Waals surface area contributed by atoms with Crippen molar-refractivity contribution in [3.8, 4) is 0 Å². The minimum absolute atomic E-state index is 0.558. The van der Waals surface area contributed by atoms with Gasteiger partial charge in [-0.1, -0.05) is 28.1 Å². The lowest BCUT2D eigenvalue weighted by Gasteiger charge is -2.47. The molecule has 3 rings (SSSR count). The molecule has 0 aliphatic carbocycles. The molecule has 0 saturated carbocycles. The quantitative estimate of drug-likeness (QED) is 0.836. The van der Waals surface area contributed by atoms with Gasteiger partial charge >= 0.3 is 0 Å². The highest BCUT2D eigenvalue weighted by atomic mass is 79.9. The number of benzene rings is 1. The zero-order valence-corrected chi connectivity index (χ0v) is 13.0. The number of halogens is 1. The van der Waals surface area contributed by atoms with Crippen LogP contribution in [0.25, 0.3) is 0 Å². The van der Waals surface area contributed by atoms with Crippen LogP contribution in [0.2, 0.25) is 0 Å². The molecule has 2 unspecified atom stereocenters. The normalized spacial score (nSPS) is 32.6. The van der Waals surface area contributed by atoms with Crippen molar-refractivity contribution in [2.75, 3.05) is 24.6 Å². The summed E-state index contributed by atoms with van der Waals surface area (Å²) in [5.74, 6) is 3.42. The summed E-state index contributed by atoms with van der Waals surface area (Å²) < 4.78 is 1.18. The summed E-state index contributed by atoms with van der Waals surface area (Å²) in [5, 5.41) is 3.60. The molecule has 1 aromatic carbocycles. The minimum atomic E-state index is 0.558. The highest BCUT2D eigenvalue weighted by Crippen LogP contribution is 2.49. The van der Waals surface area contributed by atoms with Gasteiger partial charge in [-0.25, -0.2) is 0 Å². The Hall–Kier alpha value is 0.01000. The fourth-order valence-corrected chi connectivity index (χ4v) is 5.14. The van der Waals surface area contributed by atoms with Gasteiger partial charge in [0.25, 0.3) is 0 Å². The average molecular weight is 326 g/mol. The van der Waals surface area contributed by atoms with Crippen molar-refractivity contribution in [1.82, 2.24) is 5.32 Å². The molecule has 2 saturated heterocycles. The molecular formula is C15H20BrNS. The van der Waals surface area contributed by atoms with Gasteiger partial charge in [0.05, 0.1) is 0 Å². The van der Waals surface area contributed by atoms with E-state index in [9.17, 15) is 0 Å². The Bertz CT molecular complexity index is 389. The van der Waals surface area contributed by atoms with Crippen LogP contribution in [0.5, 0.6) is 0 Å². The Labute approximate surface area is 122 Å². The Morgan fingerprint density at radius 3 is 2.78 bits per heavy atom. The largest absolute Gasteiger partial charge is 0.316 e. The first kappa shape index (κ1) is 13.0. The molecule has 0 bridgehead atoms. The van der Waals surface area contributed by atoms with Crippen molar-refractivity contribution >= 4 is 27.7 Å². The number of nitrogens with one attached hydrogen (secondary N) is 1. The minimum Gasteiger partial charge on any atom is -0.316 e. The molecule has 2 heterocycles. The molecule has 2 fully saturated rings. The second kappa shape index (κ2) is 5.56. The van der Waals surface area contributed by atoms with Crippen molar-refractivity contribution in [3.05, 3.63) is 34.3 Å². The summed E-state index contributed by atoms with van der Waals surface area (Å²) in [5.41, 5.74) is 2.08. The van der Waals surface area contributed by atoms with Crippen LogP contribution < -0.4 is 5.32 Å². The van der Waals surface area contributed by atoms with Crippen LogP contribution >= 0.6 is 27.7 Å². The lowest BCUT2D eigenvalue weighted by atomic mass is 9.66. The van der Waals surface area contributed by atoms with Crippen molar-refractivity contribution in [2.45, 2.75) is 25.2 Å². The molecule has 1 aromatic rings. The van der Waals surface area contributed by atoms with E-state index in [1.807, 2.05) is 0 Å². The maximum absolute atomic E-state index is 3.60. The second-order valence-electron chi connectivity index (χ2n) is 5.58. The highest BCUT2D eigenvalue weighted by Gasteiger charge is 2.42. The van der Waals surface area contributed by atoms with Crippen molar-refractivity contribution < 1.29 is 0 Å². The molecule has 2 atom stereocenters. The topological polar surface area (TPSA) is 12.0 Å². The first-order valence-corrected chi connectivity index (χ1v) is 8.79. The third kappa shape index (κ3) is 2.50. The molecule has 18 heavy (non-hydrogen) atoms. The standard InChI is InChI=1S/C15H20BrNS/c16-13-4-2-12(3-5-13)14-10-17-8-7-15(14)6-1-9-18-11-15/h2-5,14,17H,1,6-11H2. The van der Waals surface area contributed by atoms with Crippen molar-refractivity contribution in [2.24, 2.45) is 5.41 Å². The van der Waals surface area contributed by atoms with Crippen LogP contribution in [-0.4, -0.2) is 24.6 Å². The number of rotatable bonds is 1. The summed E-state index contributed by atoms with van der Waals surface area (Å²) >= 11 is 5.70. The number of thioether (sulfide) groups is 1. The maximum atomic E-state index is 3.60. The van der Waals surface area contributed by atoms with Gasteiger partial charge in [-0.15, -0.1) is 0 Å². The summed E-state index contributed by atoms with van der Waals surface area (Å²) in [4.78, 5) is 0. The Kier molecular flexibility index (Phi) is 4.02. The Morgan fingerprint density at radius 1 is 1.22 bits per heavy atom. The third-order valence-corrected chi connectivity index (χ3v) is 6.40. The van der Waals surface area contributed by atoms with Gasteiger partial charge in [0.15, 0.2) is 0 Å². The molecule has 1 nitrogen and oxygen atoms in total. The maximum Gasteiger partial charge on any atom is 0.0175 e. The zero-order chi connectivity index (χ0) is 12.4. The molecule has 1 N–H and O–H groups in total. The number of hydrogen-bond donors (Lipinski definition) is 1. The molecule has 3 heteroatoms. The summed E-state index contributed by atoms with van der Waals surface area (Å²) in [7, 11) is 0. The van der Waals surface area contributed by atoms with Crippen LogP contribution in [0.15, 0.2) is 28.7 Å². The molecule has 1 spiro atoms. The lowest BCUT2D eigenvalue weighted by molar-refractivity contribution is 0.173. The van der Waals surface area contributed by atoms with Crippen LogP contribution in [0.3, 0.4) is 0 Å². The fraction of sp³-hybridized carbons (Fsp3) is 0.600. The van der Waals surface area contributed by atoms with Crippen LogP contribution in [-0.2, 0) is 0 Å². The van der Waals surface area contributed by atoms with E-state index in [-0.39, 0.29) is 0 Å². The number of piperidine rings is 1. The molecule has 98 valence electrons. The molecule has 0 radical (unpaired) electrons. The van der Waals surface area contributed by atoms with Gasteiger partial charge in [-0.2, -0.15) is 11.8 Å². The van der Waals surface area contributed by atoms with Crippen LogP contribution in [0.4, 0.5) is 0 Å². The van der Waals surface area contributed by atoms with E-state index in [2.05, 4.69) is 57.3 Å². The predicted octanol–water partition coefficient (Wildman–Crippen LogP) is 4.04.